The molecule has 0 aliphatic heterocycles. The fourth-order valence-corrected chi connectivity index (χ4v) is 2.12. The molecule has 0 aliphatic rings. The van der Waals surface area contributed by atoms with Crippen LogP contribution in [0.1, 0.15) is 6.42 Å². The molecule has 8 heteroatoms. The fourth-order valence-electron chi connectivity index (χ4n) is 1.01. The Morgan fingerprint density at radius 3 is 2.88 bits per heavy atom. The number of carboxylic acid groups (broad SMARTS) is 1. The highest BCUT2D eigenvalue weighted by Gasteiger charge is 2.24. The maximum atomic E-state index is 11.6. The molecule has 0 bridgehead atoms. The number of nitrogens with one attached hydrogen (secondary N) is 2. The Labute approximate surface area is 92.2 Å². The first kappa shape index (κ1) is 12.4. The molecule has 1 aromatic heterocycles. The molecule has 7 nitrogen and oxygen atoms in total. The van der Waals surface area contributed by atoms with Crippen molar-refractivity contribution >= 4 is 16.0 Å². The normalized spacial score (nSPS) is 13.2. The molecule has 16 heavy (non-hydrogen) atoms. The predicted molar refractivity (Wildman–Crippen MR) is 55.1 cm³/mol. The Balaban J connectivity index is 2.86. The maximum Gasteiger partial charge on any atom is 0.322 e. The van der Waals surface area contributed by atoms with E-state index in [9.17, 15) is 13.2 Å². The summed E-state index contributed by atoms with van der Waals surface area (Å²) in [4.78, 5) is 10.7. The van der Waals surface area contributed by atoms with E-state index in [0.717, 1.165) is 0 Å². The summed E-state index contributed by atoms with van der Waals surface area (Å²) in [6, 6.07) is 0.000563. The van der Waals surface area contributed by atoms with Crippen molar-refractivity contribution in [1.82, 2.24) is 14.9 Å². The third-order valence-corrected chi connectivity index (χ3v) is 3.16. The minimum absolute atomic E-state index is 0.00268. The van der Waals surface area contributed by atoms with Crippen LogP contribution in [0.2, 0.25) is 0 Å². The minimum Gasteiger partial charge on any atom is -0.480 e. The standard InChI is InChI=1S/C8H11N3O4S/c1-2-3-6(8(12)13)11-16(14,15)7-4-5-9-10-7/h2,4-6,11H,1,3H2,(H,9,10)(H,12,13). The summed E-state index contributed by atoms with van der Waals surface area (Å²) in [6.07, 6.45) is 2.59. The second-order valence-corrected chi connectivity index (χ2v) is 4.64. The molecular weight excluding hydrogens is 234 g/mol. The van der Waals surface area contributed by atoms with E-state index in [0.29, 0.717) is 0 Å². The first-order valence-corrected chi connectivity index (χ1v) is 5.81. The Bertz CT molecular complexity index is 465. The van der Waals surface area contributed by atoms with E-state index in [4.69, 9.17) is 5.11 Å². The Morgan fingerprint density at radius 2 is 2.44 bits per heavy atom. The van der Waals surface area contributed by atoms with Crippen LogP contribution in [0.3, 0.4) is 0 Å². The van der Waals surface area contributed by atoms with Gasteiger partial charge in [0.2, 0.25) is 0 Å². The molecule has 88 valence electrons. The second kappa shape index (κ2) is 4.90. The van der Waals surface area contributed by atoms with Crippen LogP contribution >= 0.6 is 0 Å². The molecule has 1 heterocycles. The van der Waals surface area contributed by atoms with Crippen LogP contribution in [-0.2, 0) is 14.8 Å². The van der Waals surface area contributed by atoms with Crippen LogP contribution in [0.15, 0.2) is 29.9 Å². The lowest BCUT2D eigenvalue weighted by Gasteiger charge is -2.11. The van der Waals surface area contributed by atoms with Crippen molar-refractivity contribution in [2.24, 2.45) is 0 Å². The number of hydrogen-bond donors (Lipinski definition) is 3. The Hall–Kier alpha value is -1.67. The number of carboxylic acids is 1. The molecule has 0 aromatic carbocycles. The molecule has 0 spiro atoms. The van der Waals surface area contributed by atoms with E-state index in [1.807, 2.05) is 4.72 Å². The molecule has 0 saturated carbocycles. The lowest BCUT2D eigenvalue weighted by atomic mass is 10.2. The molecule has 0 aliphatic carbocycles. The number of nitrogens with zero attached hydrogens (tertiary/aromatic N) is 1. The Kier molecular flexibility index (Phi) is 3.80. The van der Waals surface area contributed by atoms with Crippen molar-refractivity contribution in [2.45, 2.75) is 17.5 Å². The summed E-state index contributed by atoms with van der Waals surface area (Å²) in [5, 5.41) is 14.3. The average Bonchev–Trinajstić information content (AvgIpc) is 2.69. The summed E-state index contributed by atoms with van der Waals surface area (Å²) in [5.74, 6) is -1.26. The number of aliphatic carboxylic acids is 1. The van der Waals surface area contributed by atoms with E-state index in [1.165, 1.54) is 18.3 Å². The average molecular weight is 245 g/mol. The third kappa shape index (κ3) is 2.91. The molecule has 1 atom stereocenters. The van der Waals surface area contributed by atoms with Crippen LogP contribution in [0, 0.1) is 0 Å². The quantitative estimate of drug-likeness (QED) is 0.596. The lowest BCUT2D eigenvalue weighted by molar-refractivity contribution is -0.138. The van der Waals surface area contributed by atoms with Gasteiger partial charge in [0.05, 0.1) is 6.20 Å². The minimum atomic E-state index is -3.88. The van der Waals surface area contributed by atoms with E-state index in [-0.39, 0.29) is 11.4 Å². The molecule has 1 rings (SSSR count). The number of aromatic nitrogens is 2. The smallest absolute Gasteiger partial charge is 0.322 e. The van der Waals surface area contributed by atoms with Crippen molar-refractivity contribution in [1.29, 1.82) is 0 Å². The fraction of sp³-hybridized carbons (Fsp3) is 0.250. The first-order chi connectivity index (χ1) is 7.47. The van der Waals surface area contributed by atoms with Gasteiger partial charge in [0.1, 0.15) is 6.04 Å². The van der Waals surface area contributed by atoms with Gasteiger partial charge in [0.15, 0.2) is 5.03 Å². The summed E-state index contributed by atoms with van der Waals surface area (Å²) >= 11 is 0. The maximum absolute atomic E-state index is 11.6. The van der Waals surface area contributed by atoms with Gasteiger partial charge in [-0.15, -0.1) is 6.58 Å². The van der Waals surface area contributed by atoms with Gasteiger partial charge < -0.3 is 5.11 Å². The van der Waals surface area contributed by atoms with Gasteiger partial charge >= 0.3 is 5.97 Å². The van der Waals surface area contributed by atoms with Crippen molar-refractivity contribution < 1.29 is 18.3 Å². The van der Waals surface area contributed by atoms with Gasteiger partial charge in [0.25, 0.3) is 10.0 Å². The van der Waals surface area contributed by atoms with Crippen LogP contribution in [-0.4, -0.2) is 35.7 Å². The highest BCUT2D eigenvalue weighted by Crippen LogP contribution is 2.05. The van der Waals surface area contributed by atoms with E-state index >= 15 is 0 Å². The van der Waals surface area contributed by atoms with E-state index in [2.05, 4.69) is 16.8 Å². The molecular formula is C8H11N3O4S. The topological polar surface area (TPSA) is 112 Å². The number of hydrogen-bond acceptors (Lipinski definition) is 4. The van der Waals surface area contributed by atoms with Crippen LogP contribution < -0.4 is 4.72 Å². The lowest BCUT2D eigenvalue weighted by Crippen LogP contribution is -2.40. The van der Waals surface area contributed by atoms with Crippen LogP contribution in [0.5, 0.6) is 0 Å². The summed E-state index contributed by atoms with van der Waals surface area (Å²) in [6.45, 7) is 3.36. The van der Waals surface area contributed by atoms with Crippen molar-refractivity contribution in [2.75, 3.05) is 0 Å². The van der Waals surface area contributed by atoms with Gasteiger partial charge in [-0.1, -0.05) is 6.08 Å². The predicted octanol–water partition coefficient (Wildman–Crippen LogP) is -0.283. The zero-order valence-electron chi connectivity index (χ0n) is 8.25. The molecule has 1 unspecified atom stereocenters. The zero-order chi connectivity index (χ0) is 12.2. The summed E-state index contributed by atoms with van der Waals surface area (Å²) in [5.41, 5.74) is 0. The van der Waals surface area contributed by atoms with Gasteiger partial charge in [-0.05, 0) is 12.5 Å². The number of aromatic amines is 1. The SMILES string of the molecule is C=CCC(NS(=O)(=O)c1ccn[nH]1)C(=O)O. The van der Waals surface area contributed by atoms with Crippen LogP contribution in [0.25, 0.3) is 0 Å². The number of H-pyrrole nitrogens is 1. The zero-order valence-corrected chi connectivity index (χ0v) is 9.07. The molecule has 0 saturated heterocycles. The van der Waals surface area contributed by atoms with Gasteiger partial charge in [-0.3, -0.25) is 9.89 Å². The molecule has 0 amide bonds. The number of sulfonamides is 1. The second-order valence-electron chi connectivity index (χ2n) is 2.96. The first-order valence-electron chi connectivity index (χ1n) is 4.33. The van der Waals surface area contributed by atoms with Crippen LogP contribution in [0.4, 0.5) is 0 Å². The largest absolute Gasteiger partial charge is 0.480 e. The highest BCUT2D eigenvalue weighted by molar-refractivity contribution is 7.89. The monoisotopic (exact) mass is 245 g/mol. The number of carbonyl (C=O) groups is 1. The molecule has 0 fully saturated rings. The molecule has 0 radical (unpaired) electrons. The number of rotatable bonds is 6. The third-order valence-electron chi connectivity index (χ3n) is 1.76. The Morgan fingerprint density at radius 1 is 1.75 bits per heavy atom. The van der Waals surface area contributed by atoms with E-state index < -0.39 is 22.0 Å². The van der Waals surface area contributed by atoms with Crippen molar-refractivity contribution in [3.05, 3.63) is 24.9 Å². The van der Waals surface area contributed by atoms with Crippen molar-refractivity contribution in [3.8, 4) is 0 Å². The summed E-state index contributed by atoms with van der Waals surface area (Å²) < 4.78 is 25.2. The molecule has 1 aromatic rings. The summed E-state index contributed by atoms with van der Waals surface area (Å²) in [7, 11) is -3.88. The van der Waals surface area contributed by atoms with Gasteiger partial charge in [-0.25, -0.2) is 8.42 Å². The van der Waals surface area contributed by atoms with E-state index in [1.54, 1.807) is 0 Å². The molecule has 3 N–H and O–H groups in total. The van der Waals surface area contributed by atoms with Crippen molar-refractivity contribution in [3.63, 3.8) is 0 Å². The van der Waals surface area contributed by atoms with Gasteiger partial charge in [-0.2, -0.15) is 9.82 Å². The van der Waals surface area contributed by atoms with Gasteiger partial charge in [0, 0.05) is 0 Å². The highest BCUT2D eigenvalue weighted by atomic mass is 32.2.